The molecule has 1 fully saturated rings. The van der Waals surface area contributed by atoms with Crippen LogP contribution in [-0.4, -0.2) is 20.1 Å². The van der Waals surface area contributed by atoms with Crippen LogP contribution < -0.4 is 10.5 Å². The number of anilines is 1. The molecule has 0 bridgehead atoms. The van der Waals surface area contributed by atoms with Crippen LogP contribution in [0.1, 0.15) is 19.8 Å². The predicted molar refractivity (Wildman–Crippen MR) is 69.6 cm³/mol. The summed E-state index contributed by atoms with van der Waals surface area (Å²) < 4.78 is 26.6. The van der Waals surface area contributed by atoms with Crippen LogP contribution in [0.15, 0.2) is 23.1 Å². The number of benzene rings is 1. The number of phenolic OH excluding ortho intramolecular Hbond substituents is 1. The first-order valence-electron chi connectivity index (χ1n) is 5.98. The van der Waals surface area contributed by atoms with Gasteiger partial charge in [-0.2, -0.15) is 0 Å². The molecule has 0 amide bonds. The Morgan fingerprint density at radius 1 is 1.50 bits per heavy atom. The van der Waals surface area contributed by atoms with Gasteiger partial charge in [0, 0.05) is 6.54 Å². The van der Waals surface area contributed by atoms with Gasteiger partial charge in [-0.25, -0.2) is 13.1 Å². The SMILES string of the molecule is CC(CNS(=O)(=O)c1ccc(O)c(N)c1)C1CC1. The van der Waals surface area contributed by atoms with Crippen molar-refractivity contribution in [3.05, 3.63) is 18.2 Å². The lowest BCUT2D eigenvalue weighted by Gasteiger charge is -2.12. The molecular weight excluding hydrogens is 252 g/mol. The summed E-state index contributed by atoms with van der Waals surface area (Å²) >= 11 is 0. The molecule has 6 heteroatoms. The molecule has 1 aliphatic rings. The van der Waals surface area contributed by atoms with E-state index in [9.17, 15) is 13.5 Å². The highest BCUT2D eigenvalue weighted by Crippen LogP contribution is 2.36. The van der Waals surface area contributed by atoms with Gasteiger partial charge in [0.05, 0.1) is 10.6 Å². The van der Waals surface area contributed by atoms with Crippen molar-refractivity contribution < 1.29 is 13.5 Å². The van der Waals surface area contributed by atoms with Crippen molar-refractivity contribution >= 4 is 15.7 Å². The van der Waals surface area contributed by atoms with Crippen LogP contribution in [0.3, 0.4) is 0 Å². The van der Waals surface area contributed by atoms with Crippen molar-refractivity contribution in [2.24, 2.45) is 11.8 Å². The van der Waals surface area contributed by atoms with Gasteiger partial charge in [0.1, 0.15) is 5.75 Å². The third kappa shape index (κ3) is 2.94. The molecular formula is C12H18N2O3S. The summed E-state index contributed by atoms with van der Waals surface area (Å²) in [7, 11) is -3.54. The van der Waals surface area contributed by atoms with Crippen LogP contribution in [0.4, 0.5) is 5.69 Å². The molecule has 0 heterocycles. The third-order valence-electron chi connectivity index (χ3n) is 3.33. The van der Waals surface area contributed by atoms with Crippen molar-refractivity contribution in [2.75, 3.05) is 12.3 Å². The fraction of sp³-hybridized carbons (Fsp3) is 0.500. The van der Waals surface area contributed by atoms with Crippen LogP contribution in [0.2, 0.25) is 0 Å². The normalized spacial score (nSPS) is 17.6. The summed E-state index contributed by atoms with van der Waals surface area (Å²) in [6.45, 7) is 2.49. The summed E-state index contributed by atoms with van der Waals surface area (Å²) in [6, 6.07) is 3.89. The summed E-state index contributed by atoms with van der Waals surface area (Å²) in [5.41, 5.74) is 5.55. The Hall–Kier alpha value is -1.27. The van der Waals surface area contributed by atoms with Crippen LogP contribution >= 0.6 is 0 Å². The van der Waals surface area contributed by atoms with E-state index in [0.717, 1.165) is 0 Å². The maximum atomic E-state index is 12.0. The molecule has 18 heavy (non-hydrogen) atoms. The van der Waals surface area contributed by atoms with Gasteiger partial charge in [0.2, 0.25) is 10.0 Å². The van der Waals surface area contributed by atoms with E-state index in [1.165, 1.54) is 31.0 Å². The number of nitrogen functional groups attached to an aromatic ring is 1. The van der Waals surface area contributed by atoms with Gasteiger partial charge in [-0.15, -0.1) is 0 Å². The van der Waals surface area contributed by atoms with Crippen molar-refractivity contribution in [3.63, 3.8) is 0 Å². The lowest BCUT2D eigenvalue weighted by molar-refractivity contribution is 0.477. The number of aromatic hydroxyl groups is 1. The maximum absolute atomic E-state index is 12.0. The topological polar surface area (TPSA) is 92.4 Å². The van der Waals surface area contributed by atoms with Crippen molar-refractivity contribution in [3.8, 4) is 5.75 Å². The van der Waals surface area contributed by atoms with Gasteiger partial charge in [-0.3, -0.25) is 0 Å². The minimum atomic E-state index is -3.54. The molecule has 2 rings (SSSR count). The number of hydrogen-bond acceptors (Lipinski definition) is 4. The van der Waals surface area contributed by atoms with E-state index >= 15 is 0 Å². The number of rotatable bonds is 5. The fourth-order valence-electron chi connectivity index (χ4n) is 1.86. The molecule has 0 saturated heterocycles. The number of sulfonamides is 1. The molecule has 0 aromatic heterocycles. The zero-order valence-corrected chi connectivity index (χ0v) is 11.1. The highest BCUT2D eigenvalue weighted by Gasteiger charge is 2.28. The Morgan fingerprint density at radius 2 is 2.17 bits per heavy atom. The molecule has 5 nitrogen and oxygen atoms in total. The Labute approximate surface area is 107 Å². The quantitative estimate of drug-likeness (QED) is 0.555. The standard InChI is InChI=1S/C12H18N2O3S/c1-8(9-2-3-9)7-14-18(16,17)10-4-5-12(15)11(13)6-10/h4-6,8-9,14-15H,2-3,7,13H2,1H3. The van der Waals surface area contributed by atoms with E-state index in [0.29, 0.717) is 18.4 Å². The van der Waals surface area contributed by atoms with Crippen molar-refractivity contribution in [2.45, 2.75) is 24.7 Å². The average Bonchev–Trinajstić information content (AvgIpc) is 3.13. The molecule has 1 atom stereocenters. The lowest BCUT2D eigenvalue weighted by atomic mass is 10.1. The van der Waals surface area contributed by atoms with Crippen molar-refractivity contribution in [1.82, 2.24) is 4.72 Å². The Morgan fingerprint density at radius 3 is 2.72 bits per heavy atom. The van der Waals surface area contributed by atoms with E-state index in [1.54, 1.807) is 0 Å². The second-order valence-corrected chi connectivity index (χ2v) is 6.65. The maximum Gasteiger partial charge on any atom is 0.240 e. The Kier molecular flexibility index (Phi) is 3.49. The summed E-state index contributed by atoms with van der Waals surface area (Å²) in [4.78, 5) is 0.0841. The van der Waals surface area contributed by atoms with Gasteiger partial charge < -0.3 is 10.8 Å². The molecule has 100 valence electrons. The van der Waals surface area contributed by atoms with Crippen molar-refractivity contribution in [1.29, 1.82) is 0 Å². The first-order chi connectivity index (χ1) is 8.40. The number of nitrogens with one attached hydrogen (secondary N) is 1. The molecule has 1 aliphatic carbocycles. The molecule has 0 radical (unpaired) electrons. The summed E-state index contributed by atoms with van der Waals surface area (Å²) in [5.74, 6) is 0.895. The minimum Gasteiger partial charge on any atom is -0.506 e. The molecule has 1 saturated carbocycles. The van der Waals surface area contributed by atoms with Crippen LogP contribution in [0.25, 0.3) is 0 Å². The van der Waals surface area contributed by atoms with E-state index < -0.39 is 10.0 Å². The minimum absolute atomic E-state index is 0.0631. The van der Waals surface area contributed by atoms with E-state index in [2.05, 4.69) is 4.72 Å². The van der Waals surface area contributed by atoms with Crippen LogP contribution in [0, 0.1) is 11.8 Å². The molecule has 1 unspecified atom stereocenters. The smallest absolute Gasteiger partial charge is 0.240 e. The second kappa shape index (κ2) is 4.78. The van der Waals surface area contributed by atoms with E-state index in [1.807, 2.05) is 6.92 Å². The fourth-order valence-corrected chi connectivity index (χ4v) is 3.03. The zero-order valence-electron chi connectivity index (χ0n) is 10.3. The number of phenols is 1. The van der Waals surface area contributed by atoms with Gasteiger partial charge >= 0.3 is 0 Å². The molecule has 4 N–H and O–H groups in total. The van der Waals surface area contributed by atoms with Gasteiger partial charge in [0.25, 0.3) is 0 Å². The molecule has 0 spiro atoms. The third-order valence-corrected chi connectivity index (χ3v) is 4.75. The number of nitrogens with two attached hydrogens (primary N) is 1. The monoisotopic (exact) mass is 270 g/mol. The highest BCUT2D eigenvalue weighted by molar-refractivity contribution is 7.89. The predicted octanol–water partition coefficient (Wildman–Crippen LogP) is 1.30. The Bertz CT molecular complexity index is 538. The largest absolute Gasteiger partial charge is 0.506 e. The second-order valence-electron chi connectivity index (χ2n) is 4.89. The van der Waals surface area contributed by atoms with E-state index in [4.69, 9.17) is 5.73 Å². The number of hydrogen-bond donors (Lipinski definition) is 3. The van der Waals surface area contributed by atoms with Gasteiger partial charge in [0.15, 0.2) is 0 Å². The first kappa shape index (κ1) is 13.2. The average molecular weight is 270 g/mol. The first-order valence-corrected chi connectivity index (χ1v) is 7.46. The lowest BCUT2D eigenvalue weighted by Crippen LogP contribution is -2.29. The zero-order chi connectivity index (χ0) is 13.3. The molecule has 1 aromatic rings. The van der Waals surface area contributed by atoms with Gasteiger partial charge in [-0.05, 0) is 42.9 Å². The van der Waals surface area contributed by atoms with E-state index in [-0.39, 0.29) is 16.3 Å². The summed E-state index contributed by atoms with van der Waals surface area (Å²) in [5, 5.41) is 9.27. The van der Waals surface area contributed by atoms with Crippen LogP contribution in [0.5, 0.6) is 5.75 Å². The van der Waals surface area contributed by atoms with Crippen LogP contribution in [-0.2, 0) is 10.0 Å². The van der Waals surface area contributed by atoms with Gasteiger partial charge in [-0.1, -0.05) is 6.92 Å². The molecule has 0 aliphatic heterocycles. The molecule has 1 aromatic carbocycles. The highest BCUT2D eigenvalue weighted by atomic mass is 32.2. The Balaban J connectivity index is 2.07. The summed E-state index contributed by atoms with van der Waals surface area (Å²) in [6.07, 6.45) is 2.38.